The Morgan fingerprint density at radius 1 is 1.38 bits per heavy atom. The standard InChI is InChI=1S/C10H9FN2/c1-2-10-12-6-7-8(11)4-3-5-9(7)13-10/h3-6H,2H2,1H3. The zero-order chi connectivity index (χ0) is 9.26. The van der Waals surface area contributed by atoms with E-state index in [9.17, 15) is 4.39 Å². The summed E-state index contributed by atoms with van der Waals surface area (Å²) >= 11 is 0. The molecule has 0 bridgehead atoms. The molecule has 1 aromatic heterocycles. The molecule has 0 aliphatic rings. The SMILES string of the molecule is CCc1ncc2c(F)cccc2n1. The number of hydrogen-bond acceptors (Lipinski definition) is 2. The Kier molecular flexibility index (Phi) is 1.93. The molecule has 0 radical (unpaired) electrons. The van der Waals surface area contributed by atoms with Crippen molar-refractivity contribution < 1.29 is 4.39 Å². The lowest BCUT2D eigenvalue weighted by Crippen LogP contribution is -1.93. The number of aryl methyl sites for hydroxylation is 1. The molecule has 13 heavy (non-hydrogen) atoms. The first-order chi connectivity index (χ1) is 6.31. The molecule has 0 saturated heterocycles. The Morgan fingerprint density at radius 2 is 2.23 bits per heavy atom. The highest BCUT2D eigenvalue weighted by Gasteiger charge is 2.01. The van der Waals surface area contributed by atoms with Gasteiger partial charge >= 0.3 is 0 Å². The van der Waals surface area contributed by atoms with Gasteiger partial charge in [-0.25, -0.2) is 14.4 Å². The van der Waals surface area contributed by atoms with Gasteiger partial charge in [-0.15, -0.1) is 0 Å². The van der Waals surface area contributed by atoms with Gasteiger partial charge in [0.25, 0.3) is 0 Å². The molecule has 0 fully saturated rings. The van der Waals surface area contributed by atoms with Crippen LogP contribution in [0.1, 0.15) is 12.7 Å². The van der Waals surface area contributed by atoms with Gasteiger partial charge < -0.3 is 0 Å². The van der Waals surface area contributed by atoms with Crippen LogP contribution in [0.4, 0.5) is 4.39 Å². The van der Waals surface area contributed by atoms with Crippen LogP contribution in [0.5, 0.6) is 0 Å². The lowest BCUT2D eigenvalue weighted by atomic mass is 10.2. The minimum atomic E-state index is -0.264. The van der Waals surface area contributed by atoms with Crippen molar-refractivity contribution in [1.29, 1.82) is 0 Å². The molecule has 66 valence electrons. The average molecular weight is 176 g/mol. The van der Waals surface area contributed by atoms with Gasteiger partial charge in [0.05, 0.1) is 10.9 Å². The number of fused-ring (bicyclic) bond motifs is 1. The van der Waals surface area contributed by atoms with Gasteiger partial charge in [0, 0.05) is 12.6 Å². The first-order valence-electron chi connectivity index (χ1n) is 4.21. The molecule has 2 rings (SSSR count). The number of rotatable bonds is 1. The van der Waals surface area contributed by atoms with Crippen LogP contribution in [0.3, 0.4) is 0 Å². The summed E-state index contributed by atoms with van der Waals surface area (Å²) in [5.74, 6) is 0.484. The number of aromatic nitrogens is 2. The van der Waals surface area contributed by atoms with E-state index in [4.69, 9.17) is 0 Å². The summed E-state index contributed by atoms with van der Waals surface area (Å²) in [4.78, 5) is 8.24. The molecule has 3 heteroatoms. The van der Waals surface area contributed by atoms with Gasteiger partial charge in [-0.1, -0.05) is 13.0 Å². The lowest BCUT2D eigenvalue weighted by molar-refractivity contribution is 0.639. The van der Waals surface area contributed by atoms with Crippen LogP contribution in [0, 0.1) is 5.82 Å². The Bertz CT molecular complexity index is 440. The fourth-order valence-electron chi connectivity index (χ4n) is 1.23. The average Bonchev–Trinajstić information content (AvgIpc) is 2.18. The van der Waals surface area contributed by atoms with E-state index < -0.39 is 0 Å². The first kappa shape index (κ1) is 8.10. The summed E-state index contributed by atoms with van der Waals surface area (Å²) in [5, 5.41) is 0.486. The van der Waals surface area contributed by atoms with Crippen molar-refractivity contribution in [2.75, 3.05) is 0 Å². The third-order valence-corrected chi connectivity index (χ3v) is 1.94. The molecule has 0 saturated carbocycles. The monoisotopic (exact) mass is 176 g/mol. The van der Waals surface area contributed by atoms with E-state index in [1.807, 2.05) is 6.92 Å². The Hall–Kier alpha value is -1.51. The third kappa shape index (κ3) is 1.37. The van der Waals surface area contributed by atoms with E-state index in [0.717, 1.165) is 12.2 Å². The molecule has 0 amide bonds. The van der Waals surface area contributed by atoms with E-state index >= 15 is 0 Å². The van der Waals surface area contributed by atoms with Crippen molar-refractivity contribution in [1.82, 2.24) is 9.97 Å². The first-order valence-corrected chi connectivity index (χ1v) is 4.21. The highest BCUT2D eigenvalue weighted by molar-refractivity contribution is 5.78. The molecule has 0 unspecified atom stereocenters. The van der Waals surface area contributed by atoms with Crippen LogP contribution in [-0.2, 0) is 6.42 Å². The Morgan fingerprint density at radius 3 is 3.00 bits per heavy atom. The maximum Gasteiger partial charge on any atom is 0.134 e. The van der Waals surface area contributed by atoms with Crippen LogP contribution in [0.25, 0.3) is 10.9 Å². The Balaban J connectivity index is 2.72. The second kappa shape index (κ2) is 3.09. The van der Waals surface area contributed by atoms with E-state index in [-0.39, 0.29) is 5.82 Å². The van der Waals surface area contributed by atoms with Crippen LogP contribution in [-0.4, -0.2) is 9.97 Å². The second-order valence-electron chi connectivity index (χ2n) is 2.81. The highest BCUT2D eigenvalue weighted by Crippen LogP contribution is 2.14. The van der Waals surface area contributed by atoms with Crippen molar-refractivity contribution in [3.8, 4) is 0 Å². The molecule has 1 heterocycles. The number of benzene rings is 1. The maximum absolute atomic E-state index is 13.1. The smallest absolute Gasteiger partial charge is 0.134 e. The number of nitrogens with zero attached hydrogens (tertiary/aromatic N) is 2. The molecular formula is C10H9FN2. The number of halogens is 1. The normalized spacial score (nSPS) is 10.6. The zero-order valence-electron chi connectivity index (χ0n) is 7.29. The van der Waals surface area contributed by atoms with Crippen LogP contribution >= 0.6 is 0 Å². The summed E-state index contributed by atoms with van der Waals surface area (Å²) in [5.41, 5.74) is 0.673. The molecule has 0 atom stereocenters. The van der Waals surface area contributed by atoms with Crippen molar-refractivity contribution in [3.05, 3.63) is 36.0 Å². The van der Waals surface area contributed by atoms with E-state index in [1.54, 1.807) is 12.1 Å². The minimum Gasteiger partial charge on any atom is -0.241 e. The second-order valence-corrected chi connectivity index (χ2v) is 2.81. The van der Waals surface area contributed by atoms with Crippen molar-refractivity contribution in [2.45, 2.75) is 13.3 Å². The zero-order valence-corrected chi connectivity index (χ0v) is 7.29. The third-order valence-electron chi connectivity index (χ3n) is 1.94. The van der Waals surface area contributed by atoms with Gasteiger partial charge in [-0.05, 0) is 12.1 Å². The largest absolute Gasteiger partial charge is 0.241 e. The fraction of sp³-hybridized carbons (Fsp3) is 0.200. The summed E-state index contributed by atoms with van der Waals surface area (Å²) in [6.45, 7) is 1.97. The number of hydrogen-bond donors (Lipinski definition) is 0. The summed E-state index contributed by atoms with van der Waals surface area (Å²) in [6.07, 6.45) is 2.31. The molecule has 2 nitrogen and oxygen atoms in total. The fourth-order valence-corrected chi connectivity index (χ4v) is 1.23. The quantitative estimate of drug-likeness (QED) is 0.666. The minimum absolute atomic E-state index is 0.264. The lowest BCUT2D eigenvalue weighted by Gasteiger charge is -1.99. The molecule has 1 aromatic carbocycles. The maximum atomic E-state index is 13.1. The van der Waals surface area contributed by atoms with Crippen molar-refractivity contribution >= 4 is 10.9 Å². The van der Waals surface area contributed by atoms with Gasteiger partial charge in [0.1, 0.15) is 11.6 Å². The van der Waals surface area contributed by atoms with E-state index in [0.29, 0.717) is 10.9 Å². The van der Waals surface area contributed by atoms with E-state index in [2.05, 4.69) is 9.97 Å². The van der Waals surface area contributed by atoms with Crippen LogP contribution in [0.2, 0.25) is 0 Å². The van der Waals surface area contributed by atoms with Crippen LogP contribution in [0.15, 0.2) is 24.4 Å². The van der Waals surface area contributed by atoms with Gasteiger partial charge in [-0.2, -0.15) is 0 Å². The summed E-state index contributed by atoms with van der Waals surface area (Å²) in [7, 11) is 0. The highest BCUT2D eigenvalue weighted by atomic mass is 19.1. The molecule has 0 spiro atoms. The van der Waals surface area contributed by atoms with Gasteiger partial charge in [0.2, 0.25) is 0 Å². The topological polar surface area (TPSA) is 25.8 Å². The molecule has 2 aromatic rings. The van der Waals surface area contributed by atoms with Crippen molar-refractivity contribution in [3.63, 3.8) is 0 Å². The summed E-state index contributed by atoms with van der Waals surface area (Å²) < 4.78 is 13.1. The molecular weight excluding hydrogens is 167 g/mol. The van der Waals surface area contributed by atoms with Crippen LogP contribution < -0.4 is 0 Å². The molecule has 0 aliphatic carbocycles. The van der Waals surface area contributed by atoms with Gasteiger partial charge in [-0.3, -0.25) is 0 Å². The Labute approximate surface area is 75.4 Å². The van der Waals surface area contributed by atoms with E-state index in [1.165, 1.54) is 12.3 Å². The molecule has 0 aliphatic heterocycles. The predicted octanol–water partition coefficient (Wildman–Crippen LogP) is 2.33. The molecule has 0 N–H and O–H groups in total. The predicted molar refractivity (Wildman–Crippen MR) is 48.9 cm³/mol. The van der Waals surface area contributed by atoms with Crippen molar-refractivity contribution in [2.24, 2.45) is 0 Å². The summed E-state index contributed by atoms with van der Waals surface area (Å²) in [6, 6.07) is 4.86. The van der Waals surface area contributed by atoms with Gasteiger partial charge in [0.15, 0.2) is 0 Å².